The number of aromatic nitrogens is 2. The second-order valence-corrected chi connectivity index (χ2v) is 7.63. The summed E-state index contributed by atoms with van der Waals surface area (Å²) in [4.78, 5) is 1.07. The van der Waals surface area contributed by atoms with Crippen molar-refractivity contribution in [1.29, 1.82) is 0 Å². The molecule has 2 aromatic heterocycles. The minimum atomic E-state index is -0.172. The fourth-order valence-electron chi connectivity index (χ4n) is 1.85. The van der Waals surface area contributed by atoms with Crippen LogP contribution in [0.4, 0.5) is 0 Å². The first-order valence-corrected chi connectivity index (χ1v) is 8.48. The van der Waals surface area contributed by atoms with Crippen LogP contribution in [0.1, 0.15) is 30.0 Å². The zero-order valence-electron chi connectivity index (χ0n) is 10.2. The maximum atomic E-state index is 6.25. The summed E-state index contributed by atoms with van der Waals surface area (Å²) in [6.45, 7) is 2.91. The Labute approximate surface area is 137 Å². The van der Waals surface area contributed by atoms with Crippen molar-refractivity contribution in [3.63, 3.8) is 0 Å². The third kappa shape index (κ3) is 3.22. The number of halogens is 3. The van der Waals surface area contributed by atoms with Crippen LogP contribution >= 0.6 is 54.8 Å². The fourth-order valence-corrected chi connectivity index (χ4v) is 4.25. The molecule has 19 heavy (non-hydrogen) atoms. The molecule has 104 valence electrons. The molecular weight excluding hydrogens is 415 g/mol. The Morgan fingerprint density at radius 1 is 1.58 bits per heavy atom. The Hall–Kier alpha value is 0.0800. The molecule has 0 saturated carbocycles. The molecule has 2 rings (SSSR count). The van der Waals surface area contributed by atoms with Crippen molar-refractivity contribution in [2.75, 3.05) is 0 Å². The first-order valence-electron chi connectivity index (χ1n) is 5.70. The lowest BCUT2D eigenvalue weighted by Gasteiger charge is -2.16. The summed E-state index contributed by atoms with van der Waals surface area (Å²) in [7, 11) is 0. The minimum Gasteiger partial charge on any atom is -0.270 e. The van der Waals surface area contributed by atoms with Crippen molar-refractivity contribution >= 4 is 54.8 Å². The first-order chi connectivity index (χ1) is 9.08. The molecule has 0 aliphatic heterocycles. The van der Waals surface area contributed by atoms with Gasteiger partial charge in [-0.15, -0.1) is 11.3 Å². The van der Waals surface area contributed by atoms with Crippen LogP contribution in [0.25, 0.3) is 0 Å². The molecule has 1 atom stereocenters. The van der Waals surface area contributed by atoms with Gasteiger partial charge in [-0.25, -0.2) is 5.43 Å². The van der Waals surface area contributed by atoms with Crippen LogP contribution in [-0.4, -0.2) is 9.78 Å². The van der Waals surface area contributed by atoms with Crippen molar-refractivity contribution in [2.24, 2.45) is 5.84 Å². The van der Waals surface area contributed by atoms with Crippen molar-refractivity contribution in [2.45, 2.75) is 25.9 Å². The van der Waals surface area contributed by atoms with E-state index >= 15 is 0 Å². The third-order valence-corrected chi connectivity index (χ3v) is 6.27. The van der Waals surface area contributed by atoms with Crippen molar-refractivity contribution in [3.05, 3.63) is 36.1 Å². The number of thiophene rings is 1. The van der Waals surface area contributed by atoms with Crippen LogP contribution < -0.4 is 11.3 Å². The molecule has 0 fully saturated rings. The molecular formula is C11H13Br2ClN4S. The van der Waals surface area contributed by atoms with Gasteiger partial charge in [0.05, 0.1) is 26.7 Å². The monoisotopic (exact) mass is 426 g/mol. The molecule has 0 aliphatic rings. The van der Waals surface area contributed by atoms with Gasteiger partial charge in [-0.05, 0) is 44.3 Å². The van der Waals surface area contributed by atoms with E-state index in [2.05, 4.69) is 49.3 Å². The Balaban J connectivity index is 2.44. The summed E-state index contributed by atoms with van der Waals surface area (Å²) in [5.41, 5.74) is 3.72. The number of rotatable bonds is 5. The van der Waals surface area contributed by atoms with E-state index in [0.717, 1.165) is 31.8 Å². The van der Waals surface area contributed by atoms with Crippen LogP contribution in [0.2, 0.25) is 5.02 Å². The fraction of sp³-hybridized carbons (Fsp3) is 0.364. The van der Waals surface area contributed by atoms with Crippen molar-refractivity contribution < 1.29 is 0 Å². The summed E-state index contributed by atoms with van der Waals surface area (Å²) < 4.78 is 3.93. The molecule has 0 amide bonds. The number of aryl methyl sites for hydroxylation is 1. The Kier molecular flexibility index (Phi) is 5.45. The Morgan fingerprint density at radius 3 is 2.84 bits per heavy atom. The van der Waals surface area contributed by atoms with Gasteiger partial charge in [-0.2, -0.15) is 5.10 Å². The van der Waals surface area contributed by atoms with Gasteiger partial charge in [-0.1, -0.05) is 18.5 Å². The number of nitrogens with two attached hydrogens (primary N) is 1. The lowest BCUT2D eigenvalue weighted by molar-refractivity contribution is 0.524. The SMILES string of the molecule is CCCn1ncc(Cl)c1C(NN)c1cc(Br)c(Br)s1. The quantitative estimate of drug-likeness (QED) is 0.557. The van der Waals surface area contributed by atoms with Crippen molar-refractivity contribution in [3.8, 4) is 0 Å². The molecule has 2 aromatic rings. The Morgan fingerprint density at radius 2 is 2.32 bits per heavy atom. The normalized spacial score (nSPS) is 12.9. The molecule has 2 heterocycles. The van der Waals surface area contributed by atoms with E-state index in [4.69, 9.17) is 17.4 Å². The molecule has 0 radical (unpaired) electrons. The van der Waals surface area contributed by atoms with Crippen LogP contribution in [0.3, 0.4) is 0 Å². The van der Waals surface area contributed by atoms with Crippen LogP contribution in [0.5, 0.6) is 0 Å². The lowest BCUT2D eigenvalue weighted by Crippen LogP contribution is -2.30. The summed E-state index contributed by atoms with van der Waals surface area (Å²) in [6.07, 6.45) is 2.65. The number of nitrogens with one attached hydrogen (secondary N) is 1. The van der Waals surface area contributed by atoms with Gasteiger partial charge in [0.1, 0.15) is 0 Å². The number of hydrogen-bond donors (Lipinski definition) is 2. The van der Waals surface area contributed by atoms with Gasteiger partial charge >= 0.3 is 0 Å². The topological polar surface area (TPSA) is 55.9 Å². The van der Waals surface area contributed by atoms with Gasteiger partial charge in [0.25, 0.3) is 0 Å². The standard InChI is InChI=1S/C11H13Br2ClN4S/c1-2-3-18-10(7(14)5-16-18)9(17-15)8-4-6(12)11(13)19-8/h4-5,9,17H,2-3,15H2,1H3. The summed E-state index contributed by atoms with van der Waals surface area (Å²) in [6, 6.07) is 1.85. The highest BCUT2D eigenvalue weighted by Crippen LogP contribution is 2.38. The van der Waals surface area contributed by atoms with E-state index in [1.807, 2.05) is 10.7 Å². The number of hydrogen-bond acceptors (Lipinski definition) is 4. The molecule has 0 aromatic carbocycles. The summed E-state index contributed by atoms with van der Waals surface area (Å²) in [5, 5.41) is 4.92. The zero-order chi connectivity index (χ0) is 14.0. The van der Waals surface area contributed by atoms with Gasteiger partial charge < -0.3 is 0 Å². The van der Waals surface area contributed by atoms with E-state index < -0.39 is 0 Å². The maximum Gasteiger partial charge on any atom is 0.0985 e. The van der Waals surface area contributed by atoms with E-state index in [-0.39, 0.29) is 6.04 Å². The molecule has 1 unspecified atom stereocenters. The first kappa shape index (κ1) is 15.5. The molecule has 0 aliphatic carbocycles. The largest absolute Gasteiger partial charge is 0.270 e. The summed E-state index contributed by atoms with van der Waals surface area (Å²) >= 11 is 14.8. The number of nitrogens with zero attached hydrogens (tertiary/aromatic N) is 2. The molecule has 8 heteroatoms. The second kappa shape index (κ2) is 6.69. The van der Waals surface area contributed by atoms with E-state index in [1.165, 1.54) is 0 Å². The van der Waals surface area contributed by atoms with Gasteiger partial charge in [0, 0.05) is 15.9 Å². The molecule has 0 spiro atoms. The highest BCUT2D eigenvalue weighted by atomic mass is 79.9. The van der Waals surface area contributed by atoms with Crippen LogP contribution in [0.15, 0.2) is 20.5 Å². The van der Waals surface area contributed by atoms with E-state index in [1.54, 1.807) is 17.5 Å². The predicted molar refractivity (Wildman–Crippen MR) is 86.4 cm³/mol. The van der Waals surface area contributed by atoms with Crippen molar-refractivity contribution in [1.82, 2.24) is 15.2 Å². The van der Waals surface area contributed by atoms with Gasteiger partial charge in [0.2, 0.25) is 0 Å². The maximum absolute atomic E-state index is 6.25. The molecule has 4 nitrogen and oxygen atoms in total. The second-order valence-electron chi connectivity index (χ2n) is 3.97. The average Bonchev–Trinajstić information content (AvgIpc) is 2.88. The van der Waals surface area contributed by atoms with E-state index in [9.17, 15) is 0 Å². The summed E-state index contributed by atoms with van der Waals surface area (Å²) in [5.74, 6) is 5.72. The van der Waals surface area contributed by atoms with Crippen LogP contribution in [-0.2, 0) is 6.54 Å². The zero-order valence-corrected chi connectivity index (χ0v) is 14.9. The third-order valence-electron chi connectivity index (χ3n) is 2.66. The molecule has 0 saturated heterocycles. The number of hydrazine groups is 1. The highest BCUT2D eigenvalue weighted by molar-refractivity contribution is 9.13. The average molecular weight is 429 g/mol. The molecule has 3 N–H and O–H groups in total. The highest BCUT2D eigenvalue weighted by Gasteiger charge is 2.23. The Bertz CT molecular complexity index is 550. The molecule has 0 bridgehead atoms. The van der Waals surface area contributed by atoms with Gasteiger partial charge in [0.15, 0.2) is 0 Å². The lowest BCUT2D eigenvalue weighted by atomic mass is 10.2. The van der Waals surface area contributed by atoms with Gasteiger partial charge in [-0.3, -0.25) is 10.5 Å². The predicted octanol–water partition coefficient (Wildman–Crippen LogP) is 4.09. The van der Waals surface area contributed by atoms with E-state index in [0.29, 0.717) is 5.02 Å². The minimum absolute atomic E-state index is 0.172. The van der Waals surface area contributed by atoms with Crippen LogP contribution in [0, 0.1) is 0 Å². The smallest absolute Gasteiger partial charge is 0.0985 e.